The lowest BCUT2D eigenvalue weighted by Crippen LogP contribution is -2.15. The molecule has 0 spiro atoms. The van der Waals surface area contributed by atoms with Gasteiger partial charge in [0.1, 0.15) is 17.3 Å². The predicted octanol–water partition coefficient (Wildman–Crippen LogP) is 5.53. The third-order valence-electron chi connectivity index (χ3n) is 4.74. The van der Waals surface area contributed by atoms with E-state index in [9.17, 15) is 5.11 Å². The zero-order valence-corrected chi connectivity index (χ0v) is 18.9. The maximum absolute atomic E-state index is 10.3. The molecule has 2 aromatic carbocycles. The van der Waals surface area contributed by atoms with E-state index in [0.717, 1.165) is 47.0 Å². The van der Waals surface area contributed by atoms with Crippen molar-refractivity contribution in [3.05, 3.63) is 65.5 Å². The number of oxazole rings is 1. The van der Waals surface area contributed by atoms with Gasteiger partial charge in [0.2, 0.25) is 5.89 Å². The van der Waals surface area contributed by atoms with Crippen LogP contribution in [0.2, 0.25) is 0 Å². The number of thioether (sulfide) groups is 1. The molecule has 160 valence electrons. The van der Waals surface area contributed by atoms with Crippen LogP contribution < -0.4 is 4.74 Å². The molecule has 0 fully saturated rings. The third kappa shape index (κ3) is 5.58. The second-order valence-electron chi connectivity index (χ2n) is 7.39. The van der Waals surface area contributed by atoms with Crippen molar-refractivity contribution in [2.75, 3.05) is 33.0 Å². The van der Waals surface area contributed by atoms with Gasteiger partial charge >= 0.3 is 0 Å². The van der Waals surface area contributed by atoms with E-state index < -0.39 is 0 Å². The number of hydrogen-bond donors (Lipinski definition) is 1. The normalized spacial score (nSPS) is 12.3. The van der Waals surface area contributed by atoms with Gasteiger partial charge < -0.3 is 19.2 Å². The van der Waals surface area contributed by atoms with Crippen LogP contribution in [0.3, 0.4) is 0 Å². The summed E-state index contributed by atoms with van der Waals surface area (Å²) < 4.78 is 12.0. The molecule has 0 saturated heterocycles. The van der Waals surface area contributed by atoms with Crippen LogP contribution in [0.15, 0.2) is 52.9 Å². The van der Waals surface area contributed by atoms with Crippen molar-refractivity contribution >= 4 is 11.8 Å². The summed E-state index contributed by atoms with van der Waals surface area (Å²) in [7, 11) is 4.12. The second kappa shape index (κ2) is 10.5. The van der Waals surface area contributed by atoms with Crippen molar-refractivity contribution in [3.8, 4) is 23.0 Å². The highest BCUT2D eigenvalue weighted by Gasteiger charge is 2.25. The number of para-hydroxylation sites is 1. The monoisotopic (exact) mass is 426 g/mol. The average molecular weight is 427 g/mol. The lowest BCUT2D eigenvalue weighted by Gasteiger charge is -2.15. The topological polar surface area (TPSA) is 58.7 Å². The third-order valence-corrected chi connectivity index (χ3v) is 5.88. The summed E-state index contributed by atoms with van der Waals surface area (Å²) in [6, 6.07) is 15.3. The molecular formula is C24H30N2O3S. The highest BCUT2D eigenvalue weighted by molar-refractivity contribution is 7.99. The first kappa shape index (κ1) is 22.2. The largest absolute Gasteiger partial charge is 0.508 e. The molecule has 0 bridgehead atoms. The Morgan fingerprint density at radius 2 is 1.87 bits per heavy atom. The molecule has 1 aromatic heterocycles. The number of aryl methyl sites for hydroxylation is 1. The molecule has 6 heteroatoms. The molecule has 0 amide bonds. The molecule has 0 aliphatic heterocycles. The van der Waals surface area contributed by atoms with E-state index in [2.05, 4.69) is 30.9 Å². The summed E-state index contributed by atoms with van der Waals surface area (Å²) in [5, 5.41) is 10.2. The first-order valence-corrected chi connectivity index (χ1v) is 11.3. The van der Waals surface area contributed by atoms with Gasteiger partial charge in [0, 0.05) is 17.7 Å². The van der Waals surface area contributed by atoms with Crippen LogP contribution in [-0.4, -0.2) is 48.0 Å². The van der Waals surface area contributed by atoms with Crippen LogP contribution in [0.5, 0.6) is 11.5 Å². The standard InChI is InChI=1S/C24H30N2O3S/c1-5-30-23(20-9-6-7-10-21(20)27)22-17(2)25-24(29-22)18-11-13-19(14-12-18)28-16-8-15-26(3)4/h6-7,9-14,23,27H,5,8,15-16H2,1-4H3. The molecule has 0 aliphatic rings. The van der Waals surface area contributed by atoms with Crippen molar-refractivity contribution in [2.24, 2.45) is 0 Å². The van der Waals surface area contributed by atoms with Crippen LogP contribution in [0.4, 0.5) is 0 Å². The Hall–Kier alpha value is -2.44. The summed E-state index contributed by atoms with van der Waals surface area (Å²) in [6.07, 6.45) is 0.986. The Bertz CT molecular complexity index is 938. The van der Waals surface area contributed by atoms with E-state index in [1.807, 2.05) is 49.4 Å². The molecule has 3 aromatic rings. The first-order chi connectivity index (χ1) is 14.5. The maximum Gasteiger partial charge on any atom is 0.226 e. The zero-order chi connectivity index (χ0) is 21.5. The van der Waals surface area contributed by atoms with Gasteiger partial charge in [-0.3, -0.25) is 0 Å². The Labute approximate surface area is 183 Å². The van der Waals surface area contributed by atoms with Crippen LogP contribution in [0.25, 0.3) is 11.5 Å². The van der Waals surface area contributed by atoms with Crippen LogP contribution in [0, 0.1) is 6.92 Å². The van der Waals surface area contributed by atoms with Gasteiger partial charge in [-0.25, -0.2) is 4.98 Å². The van der Waals surface area contributed by atoms with Gasteiger partial charge in [-0.05, 0) is 63.5 Å². The van der Waals surface area contributed by atoms with Crippen molar-refractivity contribution in [3.63, 3.8) is 0 Å². The number of phenolic OH excluding ortho intramolecular Hbond substituents is 1. The fraction of sp³-hybridized carbons (Fsp3) is 0.375. The van der Waals surface area contributed by atoms with Crippen LogP contribution in [0.1, 0.15) is 35.6 Å². The number of aromatic nitrogens is 1. The van der Waals surface area contributed by atoms with E-state index in [1.54, 1.807) is 17.8 Å². The molecule has 0 radical (unpaired) electrons. The Kier molecular flexibility index (Phi) is 7.82. The highest BCUT2D eigenvalue weighted by Crippen LogP contribution is 2.42. The Morgan fingerprint density at radius 3 is 2.53 bits per heavy atom. The van der Waals surface area contributed by atoms with Crippen molar-refractivity contribution in [1.29, 1.82) is 0 Å². The minimum absolute atomic E-state index is 0.100. The number of nitrogens with zero attached hydrogens (tertiary/aromatic N) is 2. The minimum Gasteiger partial charge on any atom is -0.508 e. The SMILES string of the molecule is CCSC(c1ccccc1O)c1oc(-c2ccc(OCCCN(C)C)cc2)nc1C. The van der Waals surface area contributed by atoms with E-state index in [1.165, 1.54) is 0 Å². The minimum atomic E-state index is -0.100. The number of ether oxygens (including phenoxy) is 1. The molecule has 0 saturated carbocycles. The fourth-order valence-electron chi connectivity index (χ4n) is 3.22. The smallest absolute Gasteiger partial charge is 0.226 e. The number of hydrogen-bond acceptors (Lipinski definition) is 6. The van der Waals surface area contributed by atoms with Crippen molar-refractivity contribution in [2.45, 2.75) is 25.5 Å². The van der Waals surface area contributed by atoms with Crippen molar-refractivity contribution < 1.29 is 14.3 Å². The van der Waals surface area contributed by atoms with E-state index in [4.69, 9.17) is 9.15 Å². The number of aromatic hydroxyl groups is 1. The summed E-state index contributed by atoms with van der Waals surface area (Å²) >= 11 is 1.72. The van der Waals surface area contributed by atoms with Gasteiger partial charge in [0.05, 0.1) is 17.6 Å². The fourth-order valence-corrected chi connectivity index (χ4v) is 4.30. The first-order valence-electron chi connectivity index (χ1n) is 10.2. The van der Waals surface area contributed by atoms with Gasteiger partial charge in [-0.1, -0.05) is 25.1 Å². The van der Waals surface area contributed by atoms with Crippen molar-refractivity contribution in [1.82, 2.24) is 9.88 Å². The number of benzene rings is 2. The van der Waals surface area contributed by atoms with Gasteiger partial charge in [0.15, 0.2) is 0 Å². The lowest BCUT2D eigenvalue weighted by molar-refractivity contribution is 0.281. The summed E-state index contributed by atoms with van der Waals surface area (Å²) in [4.78, 5) is 6.80. The van der Waals surface area contributed by atoms with E-state index in [-0.39, 0.29) is 11.0 Å². The number of phenols is 1. The number of rotatable bonds is 10. The molecule has 3 rings (SSSR count). The lowest BCUT2D eigenvalue weighted by atomic mass is 10.1. The molecular weight excluding hydrogens is 396 g/mol. The summed E-state index contributed by atoms with van der Waals surface area (Å²) in [6.45, 7) is 5.75. The Balaban J connectivity index is 1.77. The second-order valence-corrected chi connectivity index (χ2v) is 8.77. The molecule has 1 unspecified atom stereocenters. The molecule has 1 atom stereocenters. The van der Waals surface area contributed by atoms with E-state index >= 15 is 0 Å². The van der Waals surface area contributed by atoms with Crippen LogP contribution in [-0.2, 0) is 0 Å². The van der Waals surface area contributed by atoms with Gasteiger partial charge in [0.25, 0.3) is 0 Å². The van der Waals surface area contributed by atoms with Gasteiger partial charge in [-0.15, -0.1) is 11.8 Å². The van der Waals surface area contributed by atoms with E-state index in [0.29, 0.717) is 12.5 Å². The molecule has 30 heavy (non-hydrogen) atoms. The molecule has 1 heterocycles. The molecule has 5 nitrogen and oxygen atoms in total. The molecule has 0 aliphatic carbocycles. The summed E-state index contributed by atoms with van der Waals surface area (Å²) in [5.41, 5.74) is 2.59. The highest BCUT2D eigenvalue weighted by atomic mass is 32.2. The van der Waals surface area contributed by atoms with Gasteiger partial charge in [-0.2, -0.15) is 0 Å². The predicted molar refractivity (Wildman–Crippen MR) is 123 cm³/mol. The molecule has 1 N–H and O–H groups in total. The average Bonchev–Trinajstić information content (AvgIpc) is 3.12. The van der Waals surface area contributed by atoms with Crippen LogP contribution >= 0.6 is 11.8 Å². The zero-order valence-electron chi connectivity index (χ0n) is 18.1. The Morgan fingerprint density at radius 1 is 1.13 bits per heavy atom. The summed E-state index contributed by atoms with van der Waals surface area (Å²) in [5.74, 6) is 3.38. The maximum atomic E-state index is 10.3. The quantitative estimate of drug-likeness (QED) is 0.430.